The maximum Gasteiger partial charge on any atom is 0.255 e. The van der Waals surface area contributed by atoms with E-state index in [1.807, 2.05) is 6.07 Å². The smallest absolute Gasteiger partial charge is 0.255 e. The second kappa shape index (κ2) is 9.33. The number of hydrogen-bond donors (Lipinski definition) is 2. The average molecular weight is 420 g/mol. The van der Waals surface area contributed by atoms with E-state index in [1.54, 1.807) is 29.2 Å². The zero-order chi connectivity index (χ0) is 21.8. The molecule has 0 aromatic heterocycles. The summed E-state index contributed by atoms with van der Waals surface area (Å²) in [6.45, 7) is 3.28. The van der Waals surface area contributed by atoms with Crippen LogP contribution in [-0.2, 0) is 22.4 Å². The zero-order valence-corrected chi connectivity index (χ0v) is 17.9. The topological polar surface area (TPSA) is 78.5 Å². The van der Waals surface area contributed by atoms with Gasteiger partial charge in [-0.3, -0.25) is 14.4 Å². The number of benzene rings is 2. The number of likely N-dealkylation sites (tertiary alicyclic amines) is 1. The number of anilines is 2. The van der Waals surface area contributed by atoms with Crippen molar-refractivity contribution in [2.75, 3.05) is 23.7 Å². The molecule has 2 aliphatic rings. The first-order valence-electron chi connectivity index (χ1n) is 11.2. The third kappa shape index (κ3) is 4.95. The van der Waals surface area contributed by atoms with Gasteiger partial charge in [0.25, 0.3) is 5.91 Å². The molecule has 1 saturated heterocycles. The van der Waals surface area contributed by atoms with Crippen molar-refractivity contribution in [1.29, 1.82) is 0 Å². The van der Waals surface area contributed by atoms with Gasteiger partial charge < -0.3 is 15.5 Å². The zero-order valence-electron chi connectivity index (χ0n) is 17.9. The minimum Gasteiger partial charge on any atom is -0.342 e. The first-order chi connectivity index (χ1) is 15.0. The van der Waals surface area contributed by atoms with Crippen LogP contribution in [-0.4, -0.2) is 35.7 Å². The van der Waals surface area contributed by atoms with Gasteiger partial charge in [-0.15, -0.1) is 0 Å². The van der Waals surface area contributed by atoms with Gasteiger partial charge in [0.1, 0.15) is 0 Å². The lowest BCUT2D eigenvalue weighted by Crippen LogP contribution is -2.29. The van der Waals surface area contributed by atoms with Crippen LogP contribution in [0.3, 0.4) is 0 Å². The summed E-state index contributed by atoms with van der Waals surface area (Å²) in [7, 11) is 0. The van der Waals surface area contributed by atoms with Gasteiger partial charge in [-0.1, -0.05) is 19.4 Å². The van der Waals surface area contributed by atoms with E-state index in [0.29, 0.717) is 24.3 Å². The molecule has 0 radical (unpaired) electrons. The van der Waals surface area contributed by atoms with Crippen LogP contribution in [0, 0.1) is 5.92 Å². The maximum atomic E-state index is 12.6. The summed E-state index contributed by atoms with van der Waals surface area (Å²) in [5, 5.41) is 5.83. The molecule has 6 nitrogen and oxygen atoms in total. The lowest BCUT2D eigenvalue weighted by atomic mass is 10.1. The van der Waals surface area contributed by atoms with Gasteiger partial charge in [0.2, 0.25) is 11.8 Å². The minimum absolute atomic E-state index is 0.0483. The van der Waals surface area contributed by atoms with Crippen LogP contribution in [0.5, 0.6) is 0 Å². The van der Waals surface area contributed by atoms with E-state index in [1.165, 1.54) is 17.5 Å². The second-order valence-electron chi connectivity index (χ2n) is 8.45. The van der Waals surface area contributed by atoms with Crippen LogP contribution in [0.1, 0.15) is 54.1 Å². The van der Waals surface area contributed by atoms with E-state index in [0.717, 1.165) is 31.4 Å². The van der Waals surface area contributed by atoms with Crippen molar-refractivity contribution in [3.63, 3.8) is 0 Å². The molecule has 31 heavy (non-hydrogen) atoms. The molecule has 3 amide bonds. The highest BCUT2D eigenvalue weighted by Gasteiger charge is 2.33. The van der Waals surface area contributed by atoms with Gasteiger partial charge in [0, 0.05) is 36.4 Å². The Morgan fingerprint density at radius 2 is 1.74 bits per heavy atom. The third-order valence-electron chi connectivity index (χ3n) is 6.14. The van der Waals surface area contributed by atoms with Gasteiger partial charge in [-0.2, -0.15) is 0 Å². The summed E-state index contributed by atoms with van der Waals surface area (Å²) in [5.74, 6) is -0.606. The molecule has 1 aliphatic carbocycles. The number of carbonyl (C=O) groups is 3. The monoisotopic (exact) mass is 419 g/mol. The van der Waals surface area contributed by atoms with Crippen LogP contribution in [0.2, 0.25) is 0 Å². The molecule has 2 aromatic rings. The number of nitrogens with zero attached hydrogens (tertiary/aromatic N) is 1. The van der Waals surface area contributed by atoms with Gasteiger partial charge in [0.05, 0.1) is 5.92 Å². The number of nitrogens with one attached hydrogen (secondary N) is 2. The summed E-state index contributed by atoms with van der Waals surface area (Å²) < 4.78 is 0. The Morgan fingerprint density at radius 3 is 2.52 bits per heavy atom. The largest absolute Gasteiger partial charge is 0.342 e. The normalized spacial score (nSPS) is 17.5. The summed E-state index contributed by atoms with van der Waals surface area (Å²) in [4.78, 5) is 39.0. The molecule has 6 heteroatoms. The van der Waals surface area contributed by atoms with Gasteiger partial charge in [0.15, 0.2) is 0 Å². The first-order valence-corrected chi connectivity index (χ1v) is 11.2. The molecule has 4 rings (SSSR count). The molecule has 1 aliphatic heterocycles. The fourth-order valence-corrected chi connectivity index (χ4v) is 4.31. The Hall–Kier alpha value is -3.15. The average Bonchev–Trinajstić information content (AvgIpc) is 3.38. The van der Waals surface area contributed by atoms with E-state index in [9.17, 15) is 14.4 Å². The Kier molecular flexibility index (Phi) is 6.35. The number of hydrogen-bond acceptors (Lipinski definition) is 3. The Labute approximate surface area is 183 Å². The van der Waals surface area contributed by atoms with Gasteiger partial charge >= 0.3 is 0 Å². The van der Waals surface area contributed by atoms with E-state index < -0.39 is 0 Å². The Bertz CT molecular complexity index is 984. The predicted molar refractivity (Wildman–Crippen MR) is 121 cm³/mol. The van der Waals surface area contributed by atoms with Crippen LogP contribution < -0.4 is 10.6 Å². The number of aryl methyl sites for hydroxylation is 2. The summed E-state index contributed by atoms with van der Waals surface area (Å²) in [6.07, 6.45) is 5.59. The van der Waals surface area contributed by atoms with Crippen molar-refractivity contribution < 1.29 is 14.4 Å². The number of carbonyl (C=O) groups excluding carboxylic acids is 3. The maximum absolute atomic E-state index is 12.6. The van der Waals surface area contributed by atoms with Gasteiger partial charge in [-0.25, -0.2) is 0 Å². The summed E-state index contributed by atoms with van der Waals surface area (Å²) in [5.41, 5.74) is 4.64. The highest BCUT2D eigenvalue weighted by Crippen LogP contribution is 2.25. The minimum atomic E-state index is -0.327. The van der Waals surface area contributed by atoms with Crippen LogP contribution in [0.4, 0.5) is 11.4 Å². The Morgan fingerprint density at radius 1 is 1.00 bits per heavy atom. The molecule has 1 heterocycles. The van der Waals surface area contributed by atoms with Crippen molar-refractivity contribution >= 4 is 29.1 Å². The van der Waals surface area contributed by atoms with E-state index >= 15 is 0 Å². The number of amides is 3. The van der Waals surface area contributed by atoms with E-state index in [-0.39, 0.29) is 30.1 Å². The fraction of sp³-hybridized carbons (Fsp3) is 0.400. The number of unbranched alkanes of at least 4 members (excludes halogenated alkanes) is 1. The molecule has 1 fully saturated rings. The van der Waals surface area contributed by atoms with Crippen molar-refractivity contribution in [3.05, 3.63) is 59.2 Å². The molecule has 2 aromatic carbocycles. The SMILES string of the molecule is CCCCN1CC(C(=O)Nc2ccc(C(=O)Nc3ccc4c(c3)CCC4)cc2)CC1=O. The standard InChI is InChI=1S/C25H29N3O3/c1-2-3-13-28-16-20(15-23(28)29)25(31)26-21-10-8-18(9-11-21)24(30)27-22-12-7-17-5-4-6-19(17)14-22/h7-12,14,20H,2-6,13,15-16H2,1H3,(H,26,31)(H,27,30). The molecule has 1 unspecified atom stereocenters. The quantitative estimate of drug-likeness (QED) is 0.712. The molecule has 2 N–H and O–H groups in total. The first kappa shape index (κ1) is 21.1. The molecule has 0 saturated carbocycles. The number of rotatable bonds is 7. The highest BCUT2D eigenvalue weighted by atomic mass is 16.2. The molecule has 1 atom stereocenters. The second-order valence-corrected chi connectivity index (χ2v) is 8.45. The molecule has 162 valence electrons. The van der Waals surface area contributed by atoms with Gasteiger partial charge in [-0.05, 0) is 73.2 Å². The van der Waals surface area contributed by atoms with Crippen molar-refractivity contribution in [1.82, 2.24) is 4.90 Å². The number of fused-ring (bicyclic) bond motifs is 1. The van der Waals surface area contributed by atoms with Crippen LogP contribution in [0.25, 0.3) is 0 Å². The lowest BCUT2D eigenvalue weighted by molar-refractivity contribution is -0.128. The van der Waals surface area contributed by atoms with Crippen LogP contribution >= 0.6 is 0 Å². The lowest BCUT2D eigenvalue weighted by Gasteiger charge is -2.16. The predicted octanol–water partition coefficient (Wildman–Crippen LogP) is 4.01. The Balaban J connectivity index is 1.32. The highest BCUT2D eigenvalue weighted by molar-refractivity contribution is 6.05. The molecular formula is C25H29N3O3. The molecule has 0 spiro atoms. The van der Waals surface area contributed by atoms with Crippen molar-refractivity contribution in [3.8, 4) is 0 Å². The summed E-state index contributed by atoms with van der Waals surface area (Å²) >= 11 is 0. The van der Waals surface area contributed by atoms with Crippen molar-refractivity contribution in [2.24, 2.45) is 5.92 Å². The van der Waals surface area contributed by atoms with Crippen LogP contribution in [0.15, 0.2) is 42.5 Å². The molecule has 0 bridgehead atoms. The third-order valence-corrected chi connectivity index (χ3v) is 6.14. The summed E-state index contributed by atoms with van der Waals surface area (Å²) in [6, 6.07) is 12.9. The fourth-order valence-electron chi connectivity index (χ4n) is 4.31. The van der Waals surface area contributed by atoms with E-state index in [2.05, 4.69) is 29.7 Å². The molecular weight excluding hydrogens is 390 g/mol. The van der Waals surface area contributed by atoms with Crippen molar-refractivity contribution in [2.45, 2.75) is 45.4 Å². The van der Waals surface area contributed by atoms with E-state index in [4.69, 9.17) is 0 Å².